The van der Waals surface area contributed by atoms with Gasteiger partial charge in [0.2, 0.25) is 0 Å². The summed E-state index contributed by atoms with van der Waals surface area (Å²) in [7, 11) is 0. The van der Waals surface area contributed by atoms with E-state index in [1.165, 1.54) is 0 Å². The summed E-state index contributed by atoms with van der Waals surface area (Å²) < 4.78 is 0. The molecule has 0 radical (unpaired) electrons. The van der Waals surface area contributed by atoms with Gasteiger partial charge in [-0.15, -0.1) is 11.3 Å². The highest BCUT2D eigenvalue weighted by atomic mass is 35.5. The Morgan fingerprint density at radius 1 is 1.42 bits per heavy atom. The first kappa shape index (κ1) is 8.02. The summed E-state index contributed by atoms with van der Waals surface area (Å²) in [5.41, 5.74) is 1.10. The van der Waals surface area contributed by atoms with Crippen LogP contribution in [0.2, 0.25) is 5.02 Å². The van der Waals surface area contributed by atoms with Gasteiger partial charge in [0.1, 0.15) is 0 Å². The number of hydrogen-bond acceptors (Lipinski definition) is 2. The van der Waals surface area contributed by atoms with E-state index in [4.69, 9.17) is 11.6 Å². The molecule has 0 saturated carbocycles. The normalized spacial score (nSPS) is 16.8. The molecule has 0 bridgehead atoms. The molecule has 0 saturated heterocycles. The predicted octanol–water partition coefficient (Wildman–Crippen LogP) is 3.15. The summed E-state index contributed by atoms with van der Waals surface area (Å²) in [6.07, 6.45) is 3.19. The Morgan fingerprint density at radius 3 is 2.75 bits per heavy atom. The molecule has 0 aromatic carbocycles. The highest BCUT2D eigenvalue weighted by Gasteiger charge is 2.16. The number of rotatable bonds is 1. The van der Waals surface area contributed by atoms with E-state index in [0.717, 1.165) is 21.9 Å². The van der Waals surface area contributed by atoms with E-state index in [1.54, 1.807) is 17.4 Å². The highest BCUT2D eigenvalue weighted by Crippen LogP contribution is 2.34. The van der Waals surface area contributed by atoms with Gasteiger partial charge in [-0.2, -0.15) is 0 Å². The first-order valence-electron chi connectivity index (χ1n) is 3.74. The van der Waals surface area contributed by atoms with Crippen LogP contribution in [0.25, 0.3) is 5.57 Å². The molecule has 1 aliphatic carbocycles. The Morgan fingerprint density at radius 2 is 2.25 bits per heavy atom. The van der Waals surface area contributed by atoms with Crippen molar-refractivity contribution < 1.29 is 4.79 Å². The summed E-state index contributed by atoms with van der Waals surface area (Å²) in [6.45, 7) is 0. The Balaban J connectivity index is 2.38. The molecule has 1 aliphatic rings. The maximum absolute atomic E-state index is 10.9. The molecular weight excluding hydrogens is 192 g/mol. The SMILES string of the molecule is O=C1C=C(c2sccc2Cl)CC1. The van der Waals surface area contributed by atoms with Gasteiger partial charge in [0.25, 0.3) is 0 Å². The molecule has 1 heterocycles. The van der Waals surface area contributed by atoms with Crippen molar-refractivity contribution in [3.8, 4) is 0 Å². The van der Waals surface area contributed by atoms with Crippen LogP contribution in [0.4, 0.5) is 0 Å². The largest absolute Gasteiger partial charge is 0.295 e. The molecule has 0 unspecified atom stereocenters. The zero-order valence-electron chi connectivity index (χ0n) is 6.34. The fourth-order valence-corrected chi connectivity index (χ4v) is 2.52. The van der Waals surface area contributed by atoms with Crippen molar-refractivity contribution in [2.45, 2.75) is 12.8 Å². The van der Waals surface area contributed by atoms with E-state index in [0.29, 0.717) is 6.42 Å². The Bertz CT molecular complexity index is 351. The van der Waals surface area contributed by atoms with Gasteiger partial charge in [0.05, 0.1) is 5.02 Å². The summed E-state index contributed by atoms with van der Waals surface area (Å²) in [5, 5.41) is 2.71. The number of carbonyl (C=O) groups is 1. The first-order chi connectivity index (χ1) is 5.77. The number of halogens is 1. The van der Waals surface area contributed by atoms with Crippen molar-refractivity contribution in [3.05, 3.63) is 27.4 Å². The van der Waals surface area contributed by atoms with Gasteiger partial charge in [0, 0.05) is 11.3 Å². The number of thiophene rings is 1. The third-order valence-corrected chi connectivity index (χ3v) is 3.30. The van der Waals surface area contributed by atoms with Gasteiger partial charge < -0.3 is 0 Å². The van der Waals surface area contributed by atoms with Gasteiger partial charge >= 0.3 is 0 Å². The molecule has 62 valence electrons. The van der Waals surface area contributed by atoms with Gasteiger partial charge in [-0.05, 0) is 29.5 Å². The van der Waals surface area contributed by atoms with Crippen LogP contribution in [-0.4, -0.2) is 5.78 Å². The second kappa shape index (κ2) is 3.04. The van der Waals surface area contributed by atoms with Crippen molar-refractivity contribution in [2.75, 3.05) is 0 Å². The molecule has 0 amide bonds. The third kappa shape index (κ3) is 1.32. The van der Waals surface area contributed by atoms with Crippen LogP contribution in [0.1, 0.15) is 17.7 Å². The number of carbonyl (C=O) groups excluding carboxylic acids is 1. The summed E-state index contributed by atoms with van der Waals surface area (Å²) in [4.78, 5) is 12.0. The maximum Gasteiger partial charge on any atom is 0.156 e. The van der Waals surface area contributed by atoms with Gasteiger partial charge in [-0.1, -0.05) is 11.6 Å². The molecule has 0 fully saturated rings. The molecule has 2 rings (SSSR count). The molecule has 0 atom stereocenters. The standard InChI is InChI=1S/C9H7ClOS/c10-8-3-4-12-9(8)6-1-2-7(11)5-6/h3-5H,1-2H2. The predicted molar refractivity (Wildman–Crippen MR) is 51.5 cm³/mol. The van der Waals surface area contributed by atoms with E-state index in [1.807, 2.05) is 11.4 Å². The molecule has 0 N–H and O–H groups in total. The quantitative estimate of drug-likeness (QED) is 0.678. The number of hydrogen-bond donors (Lipinski definition) is 0. The highest BCUT2D eigenvalue weighted by molar-refractivity contribution is 7.11. The second-order valence-corrected chi connectivity index (χ2v) is 4.06. The number of allylic oxidation sites excluding steroid dienone is 2. The monoisotopic (exact) mass is 198 g/mol. The molecule has 0 spiro atoms. The van der Waals surface area contributed by atoms with Crippen LogP contribution in [0.3, 0.4) is 0 Å². The Labute approximate surface area is 79.7 Å². The van der Waals surface area contributed by atoms with Crippen molar-refractivity contribution in [3.63, 3.8) is 0 Å². The summed E-state index contributed by atoms with van der Waals surface area (Å²) >= 11 is 7.52. The molecule has 0 aliphatic heterocycles. The fraction of sp³-hybridized carbons (Fsp3) is 0.222. The van der Waals surface area contributed by atoms with Crippen LogP contribution >= 0.6 is 22.9 Å². The average molecular weight is 199 g/mol. The van der Waals surface area contributed by atoms with Gasteiger partial charge in [0.15, 0.2) is 5.78 Å². The van der Waals surface area contributed by atoms with Crippen molar-refractivity contribution in [2.24, 2.45) is 0 Å². The minimum atomic E-state index is 0.217. The maximum atomic E-state index is 10.9. The minimum absolute atomic E-state index is 0.217. The second-order valence-electron chi connectivity index (χ2n) is 2.73. The molecule has 1 nitrogen and oxygen atoms in total. The van der Waals surface area contributed by atoms with Crippen molar-refractivity contribution in [1.29, 1.82) is 0 Å². The summed E-state index contributed by atoms with van der Waals surface area (Å²) in [6, 6.07) is 1.87. The summed E-state index contributed by atoms with van der Waals surface area (Å²) in [5.74, 6) is 0.217. The third-order valence-electron chi connectivity index (χ3n) is 1.88. The topological polar surface area (TPSA) is 17.1 Å². The lowest BCUT2D eigenvalue weighted by Crippen LogP contribution is -1.80. The van der Waals surface area contributed by atoms with Crippen LogP contribution in [-0.2, 0) is 4.79 Å². The fourth-order valence-electron chi connectivity index (χ4n) is 1.30. The van der Waals surface area contributed by atoms with Gasteiger partial charge in [-0.25, -0.2) is 0 Å². The van der Waals surface area contributed by atoms with Crippen LogP contribution in [0.5, 0.6) is 0 Å². The molecular formula is C9H7ClOS. The smallest absolute Gasteiger partial charge is 0.156 e. The van der Waals surface area contributed by atoms with E-state index in [-0.39, 0.29) is 5.78 Å². The molecule has 12 heavy (non-hydrogen) atoms. The molecule has 3 heteroatoms. The lowest BCUT2D eigenvalue weighted by Gasteiger charge is -1.95. The lowest BCUT2D eigenvalue weighted by atomic mass is 10.2. The van der Waals surface area contributed by atoms with Crippen molar-refractivity contribution >= 4 is 34.3 Å². The molecule has 1 aromatic heterocycles. The minimum Gasteiger partial charge on any atom is -0.295 e. The van der Waals surface area contributed by atoms with E-state index in [2.05, 4.69) is 0 Å². The van der Waals surface area contributed by atoms with Crippen LogP contribution in [0, 0.1) is 0 Å². The van der Waals surface area contributed by atoms with E-state index >= 15 is 0 Å². The zero-order valence-corrected chi connectivity index (χ0v) is 7.91. The zero-order chi connectivity index (χ0) is 8.55. The van der Waals surface area contributed by atoms with Crippen molar-refractivity contribution in [1.82, 2.24) is 0 Å². The van der Waals surface area contributed by atoms with Crippen LogP contribution < -0.4 is 0 Å². The molecule has 1 aromatic rings. The van der Waals surface area contributed by atoms with E-state index < -0.39 is 0 Å². The number of ketones is 1. The average Bonchev–Trinajstić information content (AvgIpc) is 2.58. The van der Waals surface area contributed by atoms with Crippen LogP contribution in [0.15, 0.2) is 17.5 Å². The van der Waals surface area contributed by atoms with E-state index in [9.17, 15) is 4.79 Å². The Hall–Kier alpha value is -0.600. The lowest BCUT2D eigenvalue weighted by molar-refractivity contribution is -0.114. The Kier molecular flexibility index (Phi) is 2.03. The van der Waals surface area contributed by atoms with Gasteiger partial charge in [-0.3, -0.25) is 4.79 Å². The first-order valence-corrected chi connectivity index (χ1v) is 5.00.